The number of rotatable bonds is 6. The van der Waals surface area contributed by atoms with Crippen LogP contribution in [0.3, 0.4) is 0 Å². The minimum absolute atomic E-state index is 0.0161. The zero-order valence-electron chi connectivity index (χ0n) is 19.4. The molecule has 4 nitrogen and oxygen atoms in total. The van der Waals surface area contributed by atoms with Crippen LogP contribution in [0.15, 0.2) is 48.4 Å². The molecule has 1 aromatic carbocycles. The minimum atomic E-state index is -0.154. The van der Waals surface area contributed by atoms with E-state index in [4.69, 9.17) is 0 Å². The lowest BCUT2D eigenvalue weighted by Gasteiger charge is -2.38. The molecule has 2 heterocycles. The highest BCUT2D eigenvalue weighted by Gasteiger charge is 2.34. The van der Waals surface area contributed by atoms with E-state index in [-0.39, 0.29) is 35.7 Å². The molecule has 31 heavy (non-hydrogen) atoms. The zero-order valence-corrected chi connectivity index (χ0v) is 20.2. The van der Waals surface area contributed by atoms with E-state index < -0.39 is 0 Å². The Morgan fingerprint density at radius 3 is 2.48 bits per heavy atom. The molecule has 1 aromatic heterocycles. The first kappa shape index (κ1) is 23.3. The average molecular weight is 439 g/mol. The summed E-state index contributed by atoms with van der Waals surface area (Å²) in [7, 11) is 0. The summed E-state index contributed by atoms with van der Waals surface area (Å²) in [4.78, 5) is 31.0. The number of nitrogens with zero attached hydrogens (tertiary/aromatic N) is 2. The van der Waals surface area contributed by atoms with Crippen molar-refractivity contribution in [1.29, 1.82) is 0 Å². The molecule has 1 aliphatic rings. The van der Waals surface area contributed by atoms with Gasteiger partial charge in [0.05, 0.1) is 6.04 Å². The summed E-state index contributed by atoms with van der Waals surface area (Å²) < 4.78 is 0. The number of benzene rings is 1. The van der Waals surface area contributed by atoms with E-state index in [1.54, 1.807) is 22.3 Å². The van der Waals surface area contributed by atoms with E-state index >= 15 is 0 Å². The van der Waals surface area contributed by atoms with E-state index in [9.17, 15) is 9.59 Å². The number of carbonyl (C=O) groups excluding carboxylic acids is 2. The predicted octanol–water partition coefficient (Wildman–Crippen LogP) is 5.19. The van der Waals surface area contributed by atoms with Crippen LogP contribution in [0.4, 0.5) is 0 Å². The van der Waals surface area contributed by atoms with E-state index in [2.05, 4.69) is 63.1 Å². The standard InChI is InChI=1S/C26H34N2O2S/c1-7-14-27(25(30)18(2)3)17-23(29)28-15-12-22-21(13-16-31-22)24(28)19-8-10-20(11-9-19)26(4,5)6/h7-11,13,16,18,24H,1,12,14-15,17H2,2-6H3. The summed E-state index contributed by atoms with van der Waals surface area (Å²) in [5.74, 6) is -0.191. The molecule has 1 atom stereocenters. The van der Waals surface area contributed by atoms with Crippen LogP contribution in [0, 0.1) is 5.92 Å². The fourth-order valence-electron chi connectivity index (χ4n) is 4.12. The van der Waals surface area contributed by atoms with Gasteiger partial charge in [-0.3, -0.25) is 9.59 Å². The Labute approximate surface area is 190 Å². The van der Waals surface area contributed by atoms with Crippen molar-refractivity contribution in [2.45, 2.75) is 52.5 Å². The number of amides is 2. The second kappa shape index (κ2) is 9.39. The number of fused-ring (bicyclic) bond motifs is 1. The van der Waals surface area contributed by atoms with Gasteiger partial charge in [-0.25, -0.2) is 0 Å². The molecule has 166 valence electrons. The highest BCUT2D eigenvalue weighted by atomic mass is 32.1. The van der Waals surface area contributed by atoms with Gasteiger partial charge in [-0.2, -0.15) is 0 Å². The molecule has 0 N–H and O–H groups in total. The highest BCUT2D eigenvalue weighted by molar-refractivity contribution is 7.10. The van der Waals surface area contributed by atoms with E-state index in [1.807, 2.05) is 18.7 Å². The average Bonchev–Trinajstić information content (AvgIpc) is 3.20. The molecule has 1 unspecified atom stereocenters. The fraction of sp³-hybridized carbons (Fsp3) is 0.462. The SMILES string of the molecule is C=CCN(CC(=O)N1CCc2sccc2C1c1ccc(C(C)(C)C)cc1)C(=O)C(C)C. The smallest absolute Gasteiger partial charge is 0.243 e. The highest BCUT2D eigenvalue weighted by Crippen LogP contribution is 2.38. The predicted molar refractivity (Wildman–Crippen MR) is 128 cm³/mol. The second-order valence-electron chi connectivity index (χ2n) is 9.57. The maximum Gasteiger partial charge on any atom is 0.243 e. The summed E-state index contributed by atoms with van der Waals surface area (Å²) in [6.45, 7) is 15.2. The van der Waals surface area contributed by atoms with Gasteiger partial charge in [0.2, 0.25) is 11.8 Å². The lowest BCUT2D eigenvalue weighted by molar-refractivity contribution is -0.142. The van der Waals surface area contributed by atoms with E-state index in [0.717, 1.165) is 12.0 Å². The maximum atomic E-state index is 13.5. The molecule has 5 heteroatoms. The summed E-state index contributed by atoms with van der Waals surface area (Å²) in [6, 6.07) is 10.7. The molecular formula is C26H34N2O2S. The molecule has 2 aromatic rings. The van der Waals surface area contributed by atoms with E-state index in [1.165, 1.54) is 16.0 Å². The van der Waals surface area contributed by atoms with Gasteiger partial charge < -0.3 is 9.80 Å². The van der Waals surface area contributed by atoms with Gasteiger partial charge in [0.15, 0.2) is 0 Å². The quantitative estimate of drug-likeness (QED) is 0.582. The number of carbonyl (C=O) groups is 2. The Kier molecular flexibility index (Phi) is 7.05. The van der Waals surface area contributed by atoms with Crippen molar-refractivity contribution in [3.05, 3.63) is 69.9 Å². The zero-order chi connectivity index (χ0) is 22.8. The molecule has 0 radical (unpaired) electrons. The largest absolute Gasteiger partial charge is 0.330 e. The molecule has 0 saturated carbocycles. The van der Waals surface area contributed by atoms with Crippen LogP contribution < -0.4 is 0 Å². The number of hydrogen-bond donors (Lipinski definition) is 0. The first-order chi connectivity index (χ1) is 14.6. The van der Waals surface area contributed by atoms with Crippen LogP contribution >= 0.6 is 11.3 Å². The van der Waals surface area contributed by atoms with Gasteiger partial charge in [-0.05, 0) is 40.0 Å². The molecule has 0 bridgehead atoms. The Bertz CT molecular complexity index is 937. The van der Waals surface area contributed by atoms with Gasteiger partial charge in [0.25, 0.3) is 0 Å². The van der Waals surface area contributed by atoms with Gasteiger partial charge in [0.1, 0.15) is 6.54 Å². The molecule has 0 aliphatic carbocycles. The number of hydrogen-bond acceptors (Lipinski definition) is 3. The molecule has 3 rings (SSSR count). The third-order valence-electron chi connectivity index (χ3n) is 5.86. The van der Waals surface area contributed by atoms with Crippen molar-refractivity contribution in [3.63, 3.8) is 0 Å². The summed E-state index contributed by atoms with van der Waals surface area (Å²) in [6.07, 6.45) is 2.54. The fourth-order valence-corrected chi connectivity index (χ4v) is 5.02. The Morgan fingerprint density at radius 1 is 1.23 bits per heavy atom. The van der Waals surface area contributed by atoms with Crippen LogP contribution in [0.25, 0.3) is 0 Å². The van der Waals surface area contributed by atoms with Crippen LogP contribution in [-0.2, 0) is 21.4 Å². The van der Waals surface area contributed by atoms with Crippen LogP contribution in [0.2, 0.25) is 0 Å². The van der Waals surface area contributed by atoms with Crippen molar-refractivity contribution in [2.75, 3.05) is 19.6 Å². The molecule has 1 aliphatic heterocycles. The van der Waals surface area contributed by atoms with Gasteiger partial charge in [-0.15, -0.1) is 17.9 Å². The van der Waals surface area contributed by atoms with Crippen molar-refractivity contribution in [2.24, 2.45) is 5.92 Å². The van der Waals surface area contributed by atoms with Crippen molar-refractivity contribution in [3.8, 4) is 0 Å². The van der Waals surface area contributed by atoms with Gasteiger partial charge in [-0.1, -0.05) is 65.0 Å². The van der Waals surface area contributed by atoms with Gasteiger partial charge >= 0.3 is 0 Å². The Morgan fingerprint density at radius 2 is 1.90 bits per heavy atom. The normalized spacial score (nSPS) is 16.2. The Balaban J connectivity index is 1.92. The van der Waals surface area contributed by atoms with Crippen molar-refractivity contribution < 1.29 is 9.59 Å². The maximum absolute atomic E-state index is 13.5. The molecular weight excluding hydrogens is 404 g/mol. The first-order valence-corrected chi connectivity index (χ1v) is 11.9. The topological polar surface area (TPSA) is 40.6 Å². The second-order valence-corrected chi connectivity index (χ2v) is 10.6. The third-order valence-corrected chi connectivity index (χ3v) is 6.86. The third kappa shape index (κ3) is 5.09. The van der Waals surface area contributed by atoms with E-state index in [0.29, 0.717) is 13.1 Å². The Hall–Kier alpha value is -2.40. The van der Waals surface area contributed by atoms with Crippen LogP contribution in [-0.4, -0.2) is 41.2 Å². The molecule has 0 fully saturated rings. The van der Waals surface area contributed by atoms with Crippen LogP contribution in [0.5, 0.6) is 0 Å². The number of thiophene rings is 1. The summed E-state index contributed by atoms with van der Waals surface area (Å²) in [5.41, 5.74) is 3.68. The summed E-state index contributed by atoms with van der Waals surface area (Å²) >= 11 is 1.76. The molecule has 2 amide bonds. The molecule has 0 spiro atoms. The molecule has 0 saturated heterocycles. The van der Waals surface area contributed by atoms with Crippen LogP contribution in [0.1, 0.15) is 62.2 Å². The monoisotopic (exact) mass is 438 g/mol. The van der Waals surface area contributed by atoms with Crippen molar-refractivity contribution >= 4 is 23.2 Å². The first-order valence-electron chi connectivity index (χ1n) is 11.0. The summed E-state index contributed by atoms with van der Waals surface area (Å²) in [5, 5.41) is 2.11. The minimum Gasteiger partial charge on any atom is -0.330 e. The van der Waals surface area contributed by atoms with Crippen molar-refractivity contribution in [1.82, 2.24) is 9.80 Å². The lowest BCUT2D eigenvalue weighted by atomic mass is 9.85. The lowest BCUT2D eigenvalue weighted by Crippen LogP contribution is -2.47. The van der Waals surface area contributed by atoms with Gasteiger partial charge in [0, 0.05) is 23.9 Å².